The van der Waals surface area contributed by atoms with E-state index in [9.17, 15) is 10.1 Å². The maximum absolute atomic E-state index is 11.4. The number of aryl methyl sites for hydroxylation is 2. The van der Waals surface area contributed by atoms with Crippen molar-refractivity contribution in [3.63, 3.8) is 0 Å². The van der Waals surface area contributed by atoms with Gasteiger partial charge in [0.25, 0.3) is 5.69 Å². The Bertz CT molecular complexity index is 1250. The van der Waals surface area contributed by atoms with Gasteiger partial charge in [0.15, 0.2) is 0 Å². The van der Waals surface area contributed by atoms with E-state index in [4.69, 9.17) is 4.74 Å². The molecule has 0 aromatic heterocycles. The van der Waals surface area contributed by atoms with Gasteiger partial charge in [-0.05, 0) is 92.4 Å². The first-order valence-electron chi connectivity index (χ1n) is 12.2. The van der Waals surface area contributed by atoms with Gasteiger partial charge < -0.3 is 9.64 Å². The number of nitro groups is 1. The minimum atomic E-state index is -0.360. The lowest BCUT2D eigenvalue weighted by molar-refractivity contribution is -0.385. The number of anilines is 1. The third-order valence-corrected chi connectivity index (χ3v) is 6.04. The highest BCUT2D eigenvalue weighted by atomic mass is 16.6. The standard InChI is InChI=1S/C29H34N4O3/c1-6-8-17-32(7-2)26-15-13-25(14-16-26)30-31-27-19-22(4)24(20-29(27)36-5)12-11-23-10-9-21(3)18-28(23)33(34)35/h9-16,18-20H,6-8,17H2,1-5H3/b12-11+,31-30+. The molecule has 0 amide bonds. The van der Waals surface area contributed by atoms with Gasteiger partial charge in [0.1, 0.15) is 11.4 Å². The molecule has 0 N–H and O–H groups in total. The molecule has 0 spiro atoms. The molecule has 3 rings (SSSR count). The number of rotatable bonds is 11. The van der Waals surface area contributed by atoms with Crippen molar-refractivity contribution in [3.8, 4) is 5.75 Å². The molecule has 0 saturated carbocycles. The lowest BCUT2D eigenvalue weighted by Crippen LogP contribution is -2.23. The van der Waals surface area contributed by atoms with Crippen LogP contribution in [0.25, 0.3) is 12.2 Å². The number of hydrogen-bond donors (Lipinski definition) is 0. The molecular weight excluding hydrogens is 452 g/mol. The minimum Gasteiger partial charge on any atom is -0.494 e. The van der Waals surface area contributed by atoms with Crippen molar-refractivity contribution >= 4 is 34.9 Å². The molecule has 0 unspecified atom stereocenters. The summed E-state index contributed by atoms with van der Waals surface area (Å²) >= 11 is 0. The van der Waals surface area contributed by atoms with Gasteiger partial charge >= 0.3 is 0 Å². The molecule has 0 atom stereocenters. The van der Waals surface area contributed by atoms with E-state index in [2.05, 4.69) is 41.1 Å². The molecule has 3 aromatic carbocycles. The van der Waals surface area contributed by atoms with Crippen molar-refractivity contribution < 1.29 is 9.66 Å². The number of benzene rings is 3. The summed E-state index contributed by atoms with van der Waals surface area (Å²) in [6, 6.07) is 17.1. The Hall–Kier alpha value is -4.00. The maximum Gasteiger partial charge on any atom is 0.276 e. The second kappa shape index (κ2) is 12.6. The van der Waals surface area contributed by atoms with Crippen LogP contribution in [0.1, 0.15) is 48.9 Å². The molecular formula is C29H34N4O3. The van der Waals surface area contributed by atoms with Gasteiger partial charge in [0.05, 0.1) is 23.3 Å². The van der Waals surface area contributed by atoms with Crippen LogP contribution in [0.3, 0.4) is 0 Å². The monoisotopic (exact) mass is 486 g/mol. The van der Waals surface area contributed by atoms with E-state index in [0.717, 1.165) is 35.5 Å². The zero-order valence-corrected chi connectivity index (χ0v) is 21.7. The van der Waals surface area contributed by atoms with Crippen molar-refractivity contribution in [1.29, 1.82) is 0 Å². The van der Waals surface area contributed by atoms with Crippen LogP contribution in [0, 0.1) is 24.0 Å². The van der Waals surface area contributed by atoms with Gasteiger partial charge in [-0.2, -0.15) is 5.11 Å². The molecule has 3 aromatic rings. The molecule has 36 heavy (non-hydrogen) atoms. The smallest absolute Gasteiger partial charge is 0.276 e. The molecule has 0 bridgehead atoms. The quantitative estimate of drug-likeness (QED) is 0.118. The Balaban J connectivity index is 1.81. The molecule has 0 fully saturated rings. The second-order valence-corrected chi connectivity index (χ2v) is 8.68. The molecule has 7 heteroatoms. The first-order chi connectivity index (χ1) is 17.4. The Morgan fingerprint density at radius 1 is 0.972 bits per heavy atom. The molecule has 0 saturated heterocycles. The van der Waals surface area contributed by atoms with E-state index in [-0.39, 0.29) is 10.6 Å². The lowest BCUT2D eigenvalue weighted by Gasteiger charge is -2.22. The number of ether oxygens (including phenoxy) is 1. The fourth-order valence-electron chi connectivity index (χ4n) is 3.90. The van der Waals surface area contributed by atoms with Crippen LogP contribution in [0.5, 0.6) is 5.75 Å². The van der Waals surface area contributed by atoms with Gasteiger partial charge in [0, 0.05) is 24.8 Å². The Labute approximate surface area is 213 Å². The maximum atomic E-state index is 11.4. The fraction of sp³-hybridized carbons (Fsp3) is 0.310. The number of nitro benzene ring substituents is 1. The van der Waals surface area contributed by atoms with Gasteiger partial charge in [-0.25, -0.2) is 0 Å². The average Bonchev–Trinajstić information content (AvgIpc) is 2.88. The van der Waals surface area contributed by atoms with E-state index in [0.29, 0.717) is 17.0 Å². The van der Waals surface area contributed by atoms with Crippen LogP contribution in [0.15, 0.2) is 64.8 Å². The minimum absolute atomic E-state index is 0.0831. The van der Waals surface area contributed by atoms with Gasteiger partial charge in [0.2, 0.25) is 0 Å². The van der Waals surface area contributed by atoms with Gasteiger partial charge in [-0.3, -0.25) is 10.1 Å². The normalized spacial score (nSPS) is 11.4. The van der Waals surface area contributed by atoms with Crippen LogP contribution < -0.4 is 9.64 Å². The summed E-state index contributed by atoms with van der Waals surface area (Å²) in [5.41, 5.74) is 5.89. The van der Waals surface area contributed by atoms with Crippen molar-refractivity contribution in [3.05, 3.63) is 87.0 Å². The van der Waals surface area contributed by atoms with E-state index in [1.165, 1.54) is 18.5 Å². The van der Waals surface area contributed by atoms with Crippen molar-refractivity contribution in [2.24, 2.45) is 10.2 Å². The predicted molar refractivity (Wildman–Crippen MR) is 148 cm³/mol. The van der Waals surface area contributed by atoms with E-state index in [1.54, 1.807) is 25.3 Å². The Morgan fingerprint density at radius 3 is 2.33 bits per heavy atom. The number of nitrogens with zero attached hydrogens (tertiary/aromatic N) is 4. The fourth-order valence-corrected chi connectivity index (χ4v) is 3.90. The lowest BCUT2D eigenvalue weighted by atomic mass is 10.0. The summed E-state index contributed by atoms with van der Waals surface area (Å²) in [5, 5.41) is 20.3. The van der Waals surface area contributed by atoms with Crippen molar-refractivity contribution in [2.45, 2.75) is 40.5 Å². The molecule has 0 radical (unpaired) electrons. The largest absolute Gasteiger partial charge is 0.494 e. The second-order valence-electron chi connectivity index (χ2n) is 8.68. The highest BCUT2D eigenvalue weighted by molar-refractivity contribution is 5.77. The molecule has 0 aliphatic rings. The average molecular weight is 487 g/mol. The first kappa shape index (κ1) is 26.6. The van der Waals surface area contributed by atoms with Crippen molar-refractivity contribution in [1.82, 2.24) is 0 Å². The summed E-state index contributed by atoms with van der Waals surface area (Å²) in [6.45, 7) is 10.2. The zero-order chi connectivity index (χ0) is 26.1. The molecule has 0 heterocycles. The number of methoxy groups -OCH3 is 1. The number of unbranched alkanes of at least 4 members (excludes halogenated alkanes) is 1. The summed E-state index contributed by atoms with van der Waals surface area (Å²) < 4.78 is 5.56. The third kappa shape index (κ3) is 6.78. The van der Waals surface area contributed by atoms with Crippen LogP contribution in [-0.4, -0.2) is 25.1 Å². The van der Waals surface area contributed by atoms with Gasteiger partial charge in [-0.15, -0.1) is 5.11 Å². The van der Waals surface area contributed by atoms with Crippen molar-refractivity contribution in [2.75, 3.05) is 25.1 Å². The highest BCUT2D eigenvalue weighted by Gasteiger charge is 2.12. The SMILES string of the molecule is CCCCN(CC)c1ccc(/N=N/c2cc(C)c(/C=C/c3ccc(C)cc3[N+](=O)[O-])cc2OC)cc1. The molecule has 0 aliphatic carbocycles. The van der Waals surface area contributed by atoms with Crippen LogP contribution >= 0.6 is 0 Å². The van der Waals surface area contributed by atoms with E-state index in [1.807, 2.05) is 50.3 Å². The molecule has 0 aliphatic heterocycles. The summed E-state index contributed by atoms with van der Waals surface area (Å²) in [5.74, 6) is 0.579. The van der Waals surface area contributed by atoms with Crippen LogP contribution in [-0.2, 0) is 0 Å². The van der Waals surface area contributed by atoms with E-state index >= 15 is 0 Å². The topological polar surface area (TPSA) is 80.3 Å². The summed E-state index contributed by atoms with van der Waals surface area (Å²) in [7, 11) is 1.59. The first-order valence-corrected chi connectivity index (χ1v) is 12.2. The number of hydrogen-bond acceptors (Lipinski definition) is 6. The van der Waals surface area contributed by atoms with E-state index < -0.39 is 0 Å². The summed E-state index contributed by atoms with van der Waals surface area (Å²) in [4.78, 5) is 13.4. The molecule has 188 valence electrons. The Kier molecular flexibility index (Phi) is 9.33. The number of azo groups is 1. The zero-order valence-electron chi connectivity index (χ0n) is 21.7. The van der Waals surface area contributed by atoms with Gasteiger partial charge in [-0.1, -0.05) is 25.5 Å². The van der Waals surface area contributed by atoms with Crippen LogP contribution in [0.4, 0.5) is 22.7 Å². The highest BCUT2D eigenvalue weighted by Crippen LogP contribution is 2.34. The summed E-state index contributed by atoms with van der Waals surface area (Å²) in [6.07, 6.45) is 5.95. The predicted octanol–water partition coefficient (Wildman–Crippen LogP) is 8.43. The molecule has 7 nitrogen and oxygen atoms in total. The Morgan fingerprint density at radius 2 is 1.69 bits per heavy atom. The van der Waals surface area contributed by atoms with Crippen LogP contribution in [0.2, 0.25) is 0 Å². The third-order valence-electron chi connectivity index (χ3n) is 6.04.